The molecule has 0 spiro atoms. The van der Waals surface area contributed by atoms with Crippen molar-refractivity contribution in [2.24, 2.45) is 0 Å². The molecule has 70 valence electrons. The van der Waals surface area contributed by atoms with Gasteiger partial charge in [-0.15, -0.1) is 0 Å². The lowest BCUT2D eigenvalue weighted by molar-refractivity contribution is -0.143. The number of hydrogen-bond acceptors (Lipinski definition) is 3. The number of carboxylic acid groups (broad SMARTS) is 2. The zero-order valence-corrected chi connectivity index (χ0v) is 7.15. The average Bonchev–Trinajstić information content (AvgIpc) is 1.84. The van der Waals surface area contributed by atoms with E-state index in [4.69, 9.17) is 10.2 Å². The van der Waals surface area contributed by atoms with E-state index in [-0.39, 0.29) is 12.8 Å². The van der Waals surface area contributed by atoms with Crippen LogP contribution in [0.15, 0.2) is 0 Å². The van der Waals surface area contributed by atoms with Gasteiger partial charge in [0, 0.05) is 6.42 Å². The third-order valence-electron chi connectivity index (χ3n) is 1.54. The van der Waals surface area contributed by atoms with E-state index < -0.39 is 18.0 Å². The van der Waals surface area contributed by atoms with Gasteiger partial charge in [-0.05, 0) is 20.5 Å². The first-order valence-corrected chi connectivity index (χ1v) is 3.56. The van der Waals surface area contributed by atoms with E-state index in [2.05, 4.69) is 0 Å². The lowest BCUT2D eigenvalue weighted by Crippen LogP contribution is -2.35. The third kappa shape index (κ3) is 3.92. The van der Waals surface area contributed by atoms with E-state index in [9.17, 15) is 9.59 Å². The number of carbonyl (C=O) groups is 2. The molecule has 1 atom stereocenters. The van der Waals surface area contributed by atoms with Crippen LogP contribution >= 0.6 is 0 Å². The summed E-state index contributed by atoms with van der Waals surface area (Å²) in [7, 11) is 3.22. The van der Waals surface area contributed by atoms with Gasteiger partial charge in [0.25, 0.3) is 0 Å². The smallest absolute Gasteiger partial charge is 0.320 e. The summed E-state index contributed by atoms with van der Waals surface area (Å²) in [6.45, 7) is 0. The van der Waals surface area contributed by atoms with Crippen molar-refractivity contribution in [3.63, 3.8) is 0 Å². The Hall–Kier alpha value is -1.10. The fourth-order valence-electron chi connectivity index (χ4n) is 0.863. The van der Waals surface area contributed by atoms with Gasteiger partial charge in [-0.1, -0.05) is 0 Å². The summed E-state index contributed by atoms with van der Waals surface area (Å²) in [6.07, 6.45) is 0.0206. The zero-order valence-electron chi connectivity index (χ0n) is 7.15. The second kappa shape index (κ2) is 4.71. The first-order valence-electron chi connectivity index (χ1n) is 3.56. The molecule has 12 heavy (non-hydrogen) atoms. The second-order valence-electron chi connectivity index (χ2n) is 2.75. The molecule has 0 radical (unpaired) electrons. The maximum Gasteiger partial charge on any atom is 0.320 e. The molecule has 0 aliphatic carbocycles. The molecule has 0 saturated carbocycles. The van der Waals surface area contributed by atoms with Crippen molar-refractivity contribution >= 4 is 11.9 Å². The van der Waals surface area contributed by atoms with Gasteiger partial charge in [0.2, 0.25) is 0 Å². The number of aliphatic carboxylic acids is 2. The molecule has 5 heteroatoms. The quantitative estimate of drug-likeness (QED) is 0.608. The lowest BCUT2D eigenvalue weighted by atomic mass is 10.1. The fourth-order valence-corrected chi connectivity index (χ4v) is 0.863. The van der Waals surface area contributed by atoms with E-state index in [1.165, 1.54) is 4.90 Å². The predicted molar refractivity (Wildman–Crippen MR) is 42.0 cm³/mol. The van der Waals surface area contributed by atoms with Crippen molar-refractivity contribution in [1.29, 1.82) is 0 Å². The summed E-state index contributed by atoms with van der Waals surface area (Å²) in [4.78, 5) is 22.1. The number of likely N-dealkylation sites (N-methyl/N-ethyl adjacent to an activating group) is 1. The van der Waals surface area contributed by atoms with Gasteiger partial charge < -0.3 is 10.2 Å². The van der Waals surface area contributed by atoms with Crippen molar-refractivity contribution in [3.05, 3.63) is 0 Å². The molecule has 0 rings (SSSR count). The van der Waals surface area contributed by atoms with E-state index in [1.807, 2.05) is 0 Å². The van der Waals surface area contributed by atoms with E-state index in [0.29, 0.717) is 0 Å². The van der Waals surface area contributed by atoms with Crippen LogP contribution in [0.2, 0.25) is 0 Å². The van der Waals surface area contributed by atoms with Gasteiger partial charge >= 0.3 is 11.9 Å². The average molecular weight is 175 g/mol. The standard InChI is InChI=1S/C7H13NO4/c1-8(2)5(7(11)12)3-4-6(9)10/h5H,3-4H2,1-2H3,(H,9,10)(H,11,12)/t5-/m0/s1. The summed E-state index contributed by atoms with van der Waals surface area (Å²) in [5, 5.41) is 16.9. The topological polar surface area (TPSA) is 77.8 Å². The maximum atomic E-state index is 10.5. The lowest BCUT2D eigenvalue weighted by Gasteiger charge is -2.18. The number of carboxylic acids is 2. The SMILES string of the molecule is CN(C)[C@@H](CCC(=O)O)C(=O)O. The van der Waals surface area contributed by atoms with Gasteiger partial charge in [0.15, 0.2) is 0 Å². The summed E-state index contributed by atoms with van der Waals surface area (Å²) < 4.78 is 0. The van der Waals surface area contributed by atoms with E-state index >= 15 is 0 Å². The van der Waals surface area contributed by atoms with Crippen LogP contribution in [0.5, 0.6) is 0 Å². The van der Waals surface area contributed by atoms with Gasteiger partial charge in [-0.25, -0.2) is 0 Å². The predicted octanol–water partition coefficient (Wildman–Crippen LogP) is -0.134. The largest absolute Gasteiger partial charge is 0.481 e. The van der Waals surface area contributed by atoms with Crippen LogP contribution in [-0.4, -0.2) is 47.2 Å². The first kappa shape index (κ1) is 10.9. The molecule has 0 aliphatic rings. The fraction of sp³-hybridized carbons (Fsp3) is 0.714. The molecule has 0 amide bonds. The van der Waals surface area contributed by atoms with Gasteiger partial charge in [0.1, 0.15) is 6.04 Å². The Morgan fingerprint density at radius 1 is 1.33 bits per heavy atom. The van der Waals surface area contributed by atoms with Gasteiger partial charge in [-0.3, -0.25) is 14.5 Å². The highest BCUT2D eigenvalue weighted by molar-refractivity contribution is 5.74. The van der Waals surface area contributed by atoms with Crippen molar-refractivity contribution in [2.75, 3.05) is 14.1 Å². The zero-order chi connectivity index (χ0) is 9.72. The van der Waals surface area contributed by atoms with Crippen LogP contribution in [0.25, 0.3) is 0 Å². The Labute approximate surface area is 70.6 Å². The van der Waals surface area contributed by atoms with Crippen LogP contribution < -0.4 is 0 Å². The minimum atomic E-state index is -0.985. The highest BCUT2D eigenvalue weighted by atomic mass is 16.4. The normalized spacial score (nSPS) is 12.9. The van der Waals surface area contributed by atoms with Crippen molar-refractivity contribution in [3.8, 4) is 0 Å². The van der Waals surface area contributed by atoms with Crippen LogP contribution in [0.3, 0.4) is 0 Å². The molecule has 0 unspecified atom stereocenters. The molecule has 0 aliphatic heterocycles. The minimum Gasteiger partial charge on any atom is -0.481 e. The third-order valence-corrected chi connectivity index (χ3v) is 1.54. The Bertz CT molecular complexity index is 178. The summed E-state index contributed by atoms with van der Waals surface area (Å²) in [6, 6.07) is -0.707. The van der Waals surface area contributed by atoms with Crippen LogP contribution in [0.4, 0.5) is 0 Å². The maximum absolute atomic E-state index is 10.5. The summed E-state index contributed by atoms with van der Waals surface area (Å²) >= 11 is 0. The van der Waals surface area contributed by atoms with Crippen molar-refractivity contribution < 1.29 is 19.8 Å². The molecular weight excluding hydrogens is 162 g/mol. The summed E-state index contributed by atoms with van der Waals surface area (Å²) in [5.41, 5.74) is 0. The highest BCUT2D eigenvalue weighted by Crippen LogP contribution is 2.03. The van der Waals surface area contributed by atoms with E-state index in [0.717, 1.165) is 0 Å². The molecule has 0 fully saturated rings. The molecule has 0 heterocycles. The monoisotopic (exact) mass is 175 g/mol. The van der Waals surface area contributed by atoms with E-state index in [1.54, 1.807) is 14.1 Å². The van der Waals surface area contributed by atoms with Crippen molar-refractivity contribution in [1.82, 2.24) is 4.90 Å². The summed E-state index contributed by atoms with van der Waals surface area (Å²) in [5.74, 6) is -1.95. The molecule has 0 saturated heterocycles. The Kier molecular flexibility index (Phi) is 4.28. The Balaban J connectivity index is 3.97. The second-order valence-corrected chi connectivity index (χ2v) is 2.75. The molecule has 0 bridgehead atoms. The highest BCUT2D eigenvalue weighted by Gasteiger charge is 2.20. The molecule has 2 N–H and O–H groups in total. The number of hydrogen-bond donors (Lipinski definition) is 2. The Morgan fingerprint density at radius 3 is 2.08 bits per heavy atom. The van der Waals surface area contributed by atoms with Crippen LogP contribution in [-0.2, 0) is 9.59 Å². The minimum absolute atomic E-state index is 0.116. The molecule has 0 aromatic heterocycles. The number of nitrogens with zero attached hydrogens (tertiary/aromatic N) is 1. The van der Waals surface area contributed by atoms with Gasteiger partial charge in [-0.2, -0.15) is 0 Å². The molecule has 0 aromatic carbocycles. The molecular formula is C7H13NO4. The van der Waals surface area contributed by atoms with Gasteiger partial charge in [0.05, 0.1) is 0 Å². The number of rotatable bonds is 5. The first-order chi connectivity index (χ1) is 5.45. The molecule has 5 nitrogen and oxygen atoms in total. The van der Waals surface area contributed by atoms with Crippen molar-refractivity contribution in [2.45, 2.75) is 18.9 Å². The Morgan fingerprint density at radius 2 is 1.83 bits per heavy atom. The molecule has 0 aromatic rings. The van der Waals surface area contributed by atoms with Crippen LogP contribution in [0, 0.1) is 0 Å². The van der Waals surface area contributed by atoms with Crippen LogP contribution in [0.1, 0.15) is 12.8 Å².